The van der Waals surface area contributed by atoms with Crippen LogP contribution in [0.4, 0.5) is 13.2 Å². The maximum atomic E-state index is 12.6. The Labute approximate surface area is 132 Å². The number of nitrogens with zero attached hydrogens (tertiary/aromatic N) is 4. The number of aryl methyl sites for hydroxylation is 4. The monoisotopic (exact) mass is 328 g/mol. The van der Waals surface area contributed by atoms with Crippen molar-refractivity contribution in [2.75, 3.05) is 0 Å². The van der Waals surface area contributed by atoms with Crippen LogP contribution in [-0.2, 0) is 6.54 Å². The van der Waals surface area contributed by atoms with E-state index in [9.17, 15) is 18.3 Å². The second-order valence-electron chi connectivity index (χ2n) is 5.98. The number of hydrogen-bond acceptors (Lipinski definition) is 4. The van der Waals surface area contributed by atoms with Crippen LogP contribution in [0.5, 0.6) is 0 Å². The molecule has 1 aromatic carbocycles. The minimum absolute atomic E-state index is 0.177. The number of hydrogen-bond donors (Lipinski definition) is 1. The van der Waals surface area contributed by atoms with Crippen molar-refractivity contribution < 1.29 is 18.3 Å². The molecule has 0 saturated heterocycles. The normalized spacial score (nSPS) is 14.8. The summed E-state index contributed by atoms with van der Waals surface area (Å²) in [6.07, 6.45) is -5.24. The first kappa shape index (κ1) is 17.4. The summed E-state index contributed by atoms with van der Waals surface area (Å²) < 4.78 is 37.9. The smallest absolute Gasteiger partial charge is 0.381 e. The van der Waals surface area contributed by atoms with Crippen molar-refractivity contribution in [1.29, 1.82) is 0 Å². The quantitative estimate of drug-likeness (QED) is 0.937. The van der Waals surface area contributed by atoms with E-state index in [2.05, 4.69) is 15.4 Å². The highest BCUT2D eigenvalue weighted by atomic mass is 19.4. The van der Waals surface area contributed by atoms with Crippen molar-refractivity contribution in [3.8, 4) is 11.4 Å². The highest BCUT2D eigenvalue weighted by molar-refractivity contribution is 5.61. The Kier molecular flexibility index (Phi) is 4.48. The largest absolute Gasteiger partial charge is 0.416 e. The maximum Gasteiger partial charge on any atom is 0.416 e. The fourth-order valence-corrected chi connectivity index (χ4v) is 2.11. The van der Waals surface area contributed by atoms with Crippen molar-refractivity contribution in [2.24, 2.45) is 0 Å². The van der Waals surface area contributed by atoms with Gasteiger partial charge in [-0.2, -0.15) is 18.0 Å². The second kappa shape index (κ2) is 5.92. The molecule has 1 heterocycles. The highest BCUT2D eigenvalue weighted by Gasteiger charge is 2.49. The number of benzene rings is 1. The Balaban J connectivity index is 2.18. The van der Waals surface area contributed by atoms with E-state index in [-0.39, 0.29) is 6.54 Å². The van der Waals surface area contributed by atoms with Gasteiger partial charge in [-0.15, -0.1) is 10.2 Å². The zero-order valence-electron chi connectivity index (χ0n) is 13.4. The highest BCUT2D eigenvalue weighted by Crippen LogP contribution is 2.32. The van der Waals surface area contributed by atoms with E-state index in [1.807, 2.05) is 32.9 Å². The van der Waals surface area contributed by atoms with E-state index in [0.29, 0.717) is 5.82 Å². The van der Waals surface area contributed by atoms with Gasteiger partial charge in [0.1, 0.15) is 0 Å². The lowest BCUT2D eigenvalue weighted by Crippen LogP contribution is -2.43. The van der Waals surface area contributed by atoms with Gasteiger partial charge in [0.25, 0.3) is 0 Å². The lowest BCUT2D eigenvalue weighted by atomic mass is 10.0. The summed E-state index contributed by atoms with van der Waals surface area (Å²) in [6.45, 7) is 6.43. The minimum atomic E-state index is -4.69. The van der Waals surface area contributed by atoms with Crippen LogP contribution in [0.15, 0.2) is 12.1 Å². The third kappa shape index (κ3) is 3.69. The van der Waals surface area contributed by atoms with Crippen LogP contribution in [0, 0.1) is 20.8 Å². The summed E-state index contributed by atoms with van der Waals surface area (Å²) >= 11 is 0. The molecule has 0 aliphatic carbocycles. The van der Waals surface area contributed by atoms with E-state index in [1.165, 1.54) is 0 Å². The molecule has 1 atom stereocenters. The summed E-state index contributed by atoms with van der Waals surface area (Å²) in [5.41, 5.74) is 1.19. The van der Waals surface area contributed by atoms with Crippen LogP contribution < -0.4 is 0 Å². The van der Waals surface area contributed by atoms with E-state index in [1.54, 1.807) is 0 Å². The van der Waals surface area contributed by atoms with Gasteiger partial charge < -0.3 is 5.11 Å². The van der Waals surface area contributed by atoms with Crippen LogP contribution in [0.25, 0.3) is 11.4 Å². The minimum Gasteiger partial charge on any atom is -0.381 e. The van der Waals surface area contributed by atoms with Crippen molar-refractivity contribution in [2.45, 2.75) is 52.4 Å². The Morgan fingerprint density at radius 2 is 1.70 bits per heavy atom. The molecular weight excluding hydrogens is 309 g/mol. The number of halogens is 3. The first-order valence-corrected chi connectivity index (χ1v) is 7.16. The van der Waals surface area contributed by atoms with Crippen LogP contribution in [-0.4, -0.2) is 37.1 Å². The molecule has 5 nitrogen and oxygen atoms in total. The predicted molar refractivity (Wildman–Crippen MR) is 78.8 cm³/mol. The Bertz CT molecular complexity index is 707. The van der Waals surface area contributed by atoms with Gasteiger partial charge in [-0.1, -0.05) is 6.07 Å². The molecule has 2 rings (SSSR count). The summed E-state index contributed by atoms with van der Waals surface area (Å²) in [5.74, 6) is 0.359. The van der Waals surface area contributed by atoms with Crippen molar-refractivity contribution in [1.82, 2.24) is 20.2 Å². The van der Waals surface area contributed by atoms with Gasteiger partial charge in [0.2, 0.25) is 5.82 Å². The van der Waals surface area contributed by atoms with Crippen LogP contribution in [0.2, 0.25) is 0 Å². The number of alkyl halides is 3. The average molecular weight is 328 g/mol. The third-order valence-electron chi connectivity index (χ3n) is 3.94. The topological polar surface area (TPSA) is 63.8 Å². The molecule has 0 fully saturated rings. The van der Waals surface area contributed by atoms with Crippen LogP contribution in [0.3, 0.4) is 0 Å². The standard InChI is InChI=1S/C15H19F3N4O/c1-9-7-11(3)12(8-10(9)2)13-19-21-22(20-13)6-5-14(4,23)15(16,17)18/h7-8,23H,5-6H2,1-4H3. The van der Waals surface area contributed by atoms with Gasteiger partial charge in [-0.3, -0.25) is 0 Å². The zero-order valence-corrected chi connectivity index (χ0v) is 13.4. The van der Waals surface area contributed by atoms with Gasteiger partial charge in [0.05, 0.1) is 6.54 Å². The Hall–Kier alpha value is -1.96. The average Bonchev–Trinajstić information content (AvgIpc) is 2.88. The Morgan fingerprint density at radius 1 is 1.09 bits per heavy atom. The lowest BCUT2D eigenvalue weighted by Gasteiger charge is -2.25. The number of rotatable bonds is 4. The van der Waals surface area contributed by atoms with Crippen LogP contribution >= 0.6 is 0 Å². The van der Waals surface area contributed by atoms with Crippen molar-refractivity contribution in [3.63, 3.8) is 0 Å². The second-order valence-corrected chi connectivity index (χ2v) is 5.98. The van der Waals surface area contributed by atoms with E-state index < -0.39 is 18.2 Å². The molecule has 0 aliphatic rings. The number of tetrazole rings is 1. The first-order chi connectivity index (χ1) is 10.5. The van der Waals surface area contributed by atoms with Gasteiger partial charge >= 0.3 is 6.18 Å². The van der Waals surface area contributed by atoms with Crippen LogP contribution in [0.1, 0.15) is 30.0 Å². The number of aliphatic hydroxyl groups is 1. The molecule has 0 amide bonds. The molecule has 1 N–H and O–H groups in total. The SMILES string of the molecule is Cc1cc(C)c(-c2nnn(CCC(C)(O)C(F)(F)F)n2)cc1C. The fourth-order valence-electron chi connectivity index (χ4n) is 2.11. The predicted octanol–water partition coefficient (Wildman–Crippen LogP) is 2.97. The molecule has 1 unspecified atom stereocenters. The van der Waals surface area contributed by atoms with Crippen molar-refractivity contribution in [3.05, 3.63) is 28.8 Å². The van der Waals surface area contributed by atoms with Crippen molar-refractivity contribution >= 4 is 0 Å². The van der Waals surface area contributed by atoms with Gasteiger partial charge in [0.15, 0.2) is 5.60 Å². The van der Waals surface area contributed by atoms with Gasteiger partial charge in [-0.05, 0) is 55.7 Å². The molecule has 0 radical (unpaired) electrons. The maximum absolute atomic E-state index is 12.6. The van der Waals surface area contributed by atoms with Gasteiger partial charge in [-0.25, -0.2) is 0 Å². The Morgan fingerprint density at radius 3 is 2.30 bits per heavy atom. The van der Waals surface area contributed by atoms with Gasteiger partial charge in [0, 0.05) is 12.0 Å². The molecule has 23 heavy (non-hydrogen) atoms. The number of aromatic nitrogens is 4. The summed E-state index contributed by atoms with van der Waals surface area (Å²) in [4.78, 5) is 1.07. The first-order valence-electron chi connectivity index (χ1n) is 7.16. The molecule has 0 bridgehead atoms. The molecule has 1 aromatic heterocycles. The molecular formula is C15H19F3N4O. The third-order valence-corrected chi connectivity index (χ3v) is 3.94. The van der Waals surface area contributed by atoms with E-state index >= 15 is 0 Å². The molecule has 0 spiro atoms. The molecule has 0 aliphatic heterocycles. The molecule has 8 heteroatoms. The summed E-state index contributed by atoms with van der Waals surface area (Å²) in [7, 11) is 0. The fraction of sp³-hybridized carbons (Fsp3) is 0.533. The molecule has 2 aromatic rings. The summed E-state index contributed by atoms with van der Waals surface area (Å²) in [5, 5.41) is 21.2. The van der Waals surface area contributed by atoms with E-state index in [4.69, 9.17) is 0 Å². The zero-order chi connectivity index (χ0) is 17.4. The lowest BCUT2D eigenvalue weighted by molar-refractivity contribution is -0.256. The summed E-state index contributed by atoms with van der Waals surface area (Å²) in [6, 6.07) is 3.93. The molecule has 0 saturated carbocycles. The van der Waals surface area contributed by atoms with E-state index in [0.717, 1.165) is 34.0 Å². The molecule has 126 valence electrons.